The lowest BCUT2D eigenvalue weighted by Crippen LogP contribution is -2.51. The molecule has 0 amide bonds. The van der Waals surface area contributed by atoms with Crippen LogP contribution in [0.5, 0.6) is 0 Å². The number of Topliss-reactive ketones (excluding diaryl/α,β-unsaturated/α-hetero) is 1. The van der Waals surface area contributed by atoms with Gasteiger partial charge in [-0.3, -0.25) is 14.5 Å². The van der Waals surface area contributed by atoms with Crippen molar-refractivity contribution in [3.63, 3.8) is 0 Å². The molecule has 0 radical (unpaired) electrons. The summed E-state index contributed by atoms with van der Waals surface area (Å²) >= 11 is 0. The normalized spacial score (nSPS) is 36.0. The second-order valence-electron chi connectivity index (χ2n) is 15.9. The third-order valence-electron chi connectivity index (χ3n) is 13.2. The Hall–Kier alpha value is -3.00. The lowest BCUT2D eigenvalue weighted by molar-refractivity contribution is -0.129. The number of ketones is 2. The Kier molecular flexibility index (Phi) is 7.65. The zero-order valence-corrected chi connectivity index (χ0v) is 28.2. The Balaban J connectivity index is 0.947. The van der Waals surface area contributed by atoms with Crippen LogP contribution in [0.3, 0.4) is 0 Å². The zero-order valence-electron chi connectivity index (χ0n) is 28.2. The average Bonchev–Trinajstić information content (AvgIpc) is 3.83. The highest BCUT2D eigenvalue weighted by Crippen LogP contribution is 2.65. The maximum absolute atomic E-state index is 14.2. The molecule has 246 valence electrons. The molecule has 8 nitrogen and oxygen atoms in total. The molecule has 5 fully saturated rings. The van der Waals surface area contributed by atoms with E-state index in [0.29, 0.717) is 30.1 Å². The smallest absolute Gasteiger partial charge is 0.229 e. The fourth-order valence-corrected chi connectivity index (χ4v) is 10.8. The minimum absolute atomic E-state index is 0.0111. The first-order valence-corrected chi connectivity index (χ1v) is 18.3. The Labute approximate surface area is 275 Å². The van der Waals surface area contributed by atoms with Gasteiger partial charge in [0.15, 0.2) is 11.6 Å². The van der Waals surface area contributed by atoms with Crippen molar-refractivity contribution in [1.29, 1.82) is 0 Å². The molecule has 8 heteroatoms. The van der Waals surface area contributed by atoms with E-state index in [-0.39, 0.29) is 22.5 Å². The van der Waals surface area contributed by atoms with Crippen LogP contribution < -0.4 is 14.7 Å². The van der Waals surface area contributed by atoms with Crippen LogP contribution in [0.2, 0.25) is 0 Å². The van der Waals surface area contributed by atoms with Crippen molar-refractivity contribution in [1.82, 2.24) is 14.9 Å². The van der Waals surface area contributed by atoms with E-state index in [2.05, 4.69) is 58.6 Å². The average molecular weight is 625 g/mol. The molecule has 6 atom stereocenters. The van der Waals surface area contributed by atoms with E-state index < -0.39 is 0 Å². The maximum atomic E-state index is 14.2. The molecule has 0 bridgehead atoms. The molecule has 4 heterocycles. The zero-order chi connectivity index (χ0) is 31.6. The van der Waals surface area contributed by atoms with Gasteiger partial charge in [0.05, 0.1) is 6.54 Å². The van der Waals surface area contributed by atoms with Gasteiger partial charge in [-0.1, -0.05) is 37.1 Å². The fraction of sp³-hybridized carbons (Fsp3) is 0.684. The second kappa shape index (κ2) is 11.6. The number of carbonyl (C=O) groups is 2. The molecule has 8 rings (SSSR count). The standard InChI is InChI=1S/C38H52N6O2/c1-26-22-31-29-9-8-27-23-28(45)10-12-37(27,2)30(29)11-13-38(31,3)35(26)32(46)25-41-18-20-43(21-19-41)34-24-33(42-14-4-5-15-42)39-36(40-34)44-16-6-7-17-44/h10-12,23-24,26,29,31,35H,4-9,13-22,25H2,1-3H3/t26?,29?,31?,35?,37-,38-/m0/s1. The van der Waals surface area contributed by atoms with Gasteiger partial charge < -0.3 is 14.7 Å². The van der Waals surface area contributed by atoms with Gasteiger partial charge in [-0.25, -0.2) is 0 Å². The molecule has 1 aromatic heterocycles. The van der Waals surface area contributed by atoms with Crippen molar-refractivity contribution in [2.75, 3.05) is 73.6 Å². The van der Waals surface area contributed by atoms with Crippen LogP contribution in [0.1, 0.15) is 72.1 Å². The van der Waals surface area contributed by atoms with E-state index in [1.165, 1.54) is 36.8 Å². The summed E-state index contributed by atoms with van der Waals surface area (Å²) < 4.78 is 0. The SMILES string of the molecule is CC1CC2C3CCC4=CC(=O)C=C[C@]4(C)C3=CC[C@]2(C)C1C(=O)CN1CCN(c2cc(N3CCCC3)nc(N3CCCC3)n2)CC1. The summed E-state index contributed by atoms with van der Waals surface area (Å²) in [6.07, 6.45) is 17.4. The van der Waals surface area contributed by atoms with Crippen LogP contribution in [0.25, 0.3) is 0 Å². The molecule has 0 spiro atoms. The predicted molar refractivity (Wildman–Crippen MR) is 183 cm³/mol. The monoisotopic (exact) mass is 624 g/mol. The van der Waals surface area contributed by atoms with Gasteiger partial charge in [0.25, 0.3) is 0 Å². The van der Waals surface area contributed by atoms with Crippen molar-refractivity contribution in [2.24, 2.45) is 34.5 Å². The van der Waals surface area contributed by atoms with Crippen molar-refractivity contribution in [3.8, 4) is 0 Å². The first-order valence-electron chi connectivity index (χ1n) is 18.3. The number of anilines is 3. The Morgan fingerprint density at radius 1 is 0.913 bits per heavy atom. The predicted octanol–water partition coefficient (Wildman–Crippen LogP) is 5.46. The number of allylic oxidation sites excluding steroid dienone is 6. The number of hydrogen-bond donors (Lipinski definition) is 0. The van der Waals surface area contributed by atoms with E-state index in [0.717, 1.165) is 95.6 Å². The molecular formula is C38H52N6O2. The molecule has 1 aromatic rings. The second-order valence-corrected chi connectivity index (χ2v) is 15.9. The topological polar surface area (TPSA) is 72.9 Å². The van der Waals surface area contributed by atoms with E-state index in [4.69, 9.17) is 9.97 Å². The highest BCUT2D eigenvalue weighted by molar-refractivity contribution is 6.01. The van der Waals surface area contributed by atoms with Crippen LogP contribution in [-0.4, -0.2) is 85.3 Å². The van der Waals surface area contributed by atoms with Gasteiger partial charge in [-0.2, -0.15) is 9.97 Å². The first-order chi connectivity index (χ1) is 22.2. The largest absolute Gasteiger partial charge is 0.356 e. The van der Waals surface area contributed by atoms with Crippen LogP contribution in [-0.2, 0) is 9.59 Å². The Morgan fingerprint density at radius 3 is 2.26 bits per heavy atom. The maximum Gasteiger partial charge on any atom is 0.229 e. The molecule has 4 aliphatic carbocycles. The van der Waals surface area contributed by atoms with Gasteiger partial charge in [0.2, 0.25) is 5.95 Å². The van der Waals surface area contributed by atoms with Crippen LogP contribution in [0.4, 0.5) is 17.6 Å². The summed E-state index contributed by atoms with van der Waals surface area (Å²) in [5.41, 5.74) is 2.68. The third-order valence-corrected chi connectivity index (χ3v) is 13.2. The minimum Gasteiger partial charge on any atom is -0.356 e. The lowest BCUT2D eigenvalue weighted by atomic mass is 9.52. The van der Waals surface area contributed by atoms with Crippen molar-refractivity contribution >= 4 is 29.2 Å². The summed E-state index contributed by atoms with van der Waals surface area (Å²) in [7, 11) is 0. The first kappa shape index (κ1) is 30.3. The van der Waals surface area contributed by atoms with Crippen molar-refractivity contribution < 1.29 is 9.59 Å². The summed E-state index contributed by atoms with van der Waals surface area (Å²) in [6.45, 7) is 15.4. The minimum atomic E-state index is -0.128. The van der Waals surface area contributed by atoms with E-state index in [9.17, 15) is 9.59 Å². The Morgan fingerprint density at radius 2 is 1.57 bits per heavy atom. The quantitative estimate of drug-likeness (QED) is 0.387. The van der Waals surface area contributed by atoms with Crippen LogP contribution >= 0.6 is 0 Å². The third kappa shape index (κ3) is 5.05. The molecule has 3 saturated heterocycles. The summed E-state index contributed by atoms with van der Waals surface area (Å²) in [5, 5.41) is 0. The Bertz CT molecular complexity index is 1450. The fourth-order valence-electron chi connectivity index (χ4n) is 10.8. The number of fused-ring (bicyclic) bond motifs is 5. The van der Waals surface area contributed by atoms with E-state index >= 15 is 0 Å². The molecule has 4 unspecified atom stereocenters. The van der Waals surface area contributed by atoms with E-state index in [1.54, 1.807) is 6.08 Å². The number of hydrogen-bond acceptors (Lipinski definition) is 8. The van der Waals surface area contributed by atoms with Crippen LogP contribution in [0, 0.1) is 34.5 Å². The van der Waals surface area contributed by atoms with Gasteiger partial charge in [0, 0.05) is 69.8 Å². The number of nitrogens with zero attached hydrogens (tertiary/aromatic N) is 6. The summed E-state index contributed by atoms with van der Waals surface area (Å²) in [5.74, 6) is 5.14. The highest BCUT2D eigenvalue weighted by Gasteiger charge is 2.59. The molecule has 7 aliphatic rings. The van der Waals surface area contributed by atoms with Gasteiger partial charge in [-0.15, -0.1) is 0 Å². The van der Waals surface area contributed by atoms with Gasteiger partial charge >= 0.3 is 0 Å². The number of rotatable bonds is 6. The van der Waals surface area contributed by atoms with Crippen LogP contribution in [0.15, 0.2) is 41.5 Å². The molecule has 2 saturated carbocycles. The van der Waals surface area contributed by atoms with E-state index in [1.807, 2.05) is 6.08 Å². The molecular weight excluding hydrogens is 572 g/mol. The summed E-state index contributed by atoms with van der Waals surface area (Å²) in [4.78, 5) is 46.1. The highest BCUT2D eigenvalue weighted by atomic mass is 16.1. The molecule has 0 aromatic carbocycles. The molecule has 0 N–H and O–H groups in total. The number of aromatic nitrogens is 2. The lowest BCUT2D eigenvalue weighted by Gasteiger charge is -2.52. The van der Waals surface area contributed by atoms with Crippen molar-refractivity contribution in [3.05, 3.63) is 41.5 Å². The van der Waals surface area contributed by atoms with Gasteiger partial charge in [-0.05, 0) is 93.6 Å². The van der Waals surface area contributed by atoms with Gasteiger partial charge in [0.1, 0.15) is 11.6 Å². The number of piperazine rings is 1. The molecule has 3 aliphatic heterocycles. The van der Waals surface area contributed by atoms with Crippen molar-refractivity contribution in [2.45, 2.75) is 72.1 Å². The summed E-state index contributed by atoms with van der Waals surface area (Å²) in [6, 6.07) is 2.21. The number of carbonyl (C=O) groups excluding carboxylic acids is 2. The molecule has 46 heavy (non-hydrogen) atoms.